The molecule has 2 aromatic rings. The predicted octanol–water partition coefficient (Wildman–Crippen LogP) is 3.69. The van der Waals surface area contributed by atoms with Gasteiger partial charge in [-0.05, 0) is 47.5 Å². The fourth-order valence-corrected chi connectivity index (χ4v) is 3.55. The third-order valence-corrected chi connectivity index (χ3v) is 5.28. The van der Waals surface area contributed by atoms with Crippen molar-refractivity contribution in [1.82, 2.24) is 10.2 Å². The molecular formula is C25H22F4N2O3. The van der Waals surface area contributed by atoms with Gasteiger partial charge in [-0.15, -0.1) is 0 Å². The van der Waals surface area contributed by atoms with Crippen LogP contribution in [0.2, 0.25) is 0 Å². The Kier molecular flexibility index (Phi) is 8.48. The zero-order valence-corrected chi connectivity index (χ0v) is 18.1. The first kappa shape index (κ1) is 25.0. The minimum absolute atomic E-state index is 0.0801. The lowest BCUT2D eigenvalue weighted by Gasteiger charge is -2.29. The maximum Gasteiger partial charge on any atom is 0.207 e. The van der Waals surface area contributed by atoms with E-state index in [1.807, 2.05) is 4.90 Å². The monoisotopic (exact) mass is 474 g/mol. The summed E-state index contributed by atoms with van der Waals surface area (Å²) >= 11 is 0. The molecule has 0 unspecified atom stereocenters. The minimum Gasteiger partial charge on any atom is -0.358 e. The van der Waals surface area contributed by atoms with Crippen LogP contribution >= 0.6 is 0 Å². The van der Waals surface area contributed by atoms with Gasteiger partial charge in [-0.2, -0.15) is 0 Å². The molecule has 0 bridgehead atoms. The summed E-state index contributed by atoms with van der Waals surface area (Å²) in [5.74, 6) is -4.58. The van der Waals surface area contributed by atoms with Crippen molar-refractivity contribution in [3.8, 4) is 0 Å². The van der Waals surface area contributed by atoms with Crippen molar-refractivity contribution in [3.63, 3.8) is 0 Å². The van der Waals surface area contributed by atoms with E-state index in [1.54, 1.807) is 0 Å². The molecule has 0 saturated carbocycles. The van der Waals surface area contributed by atoms with E-state index < -0.39 is 23.3 Å². The molecule has 1 heterocycles. The number of amides is 1. The summed E-state index contributed by atoms with van der Waals surface area (Å²) in [7, 11) is 0. The molecule has 2 aromatic carbocycles. The van der Waals surface area contributed by atoms with Crippen LogP contribution in [0.1, 0.15) is 24.0 Å². The van der Waals surface area contributed by atoms with Gasteiger partial charge in [0.2, 0.25) is 6.41 Å². The summed E-state index contributed by atoms with van der Waals surface area (Å²) < 4.78 is 53.8. The molecule has 1 aliphatic heterocycles. The standard InChI is InChI=1S/C25H22F4N2O3/c26-21-3-1-16(11-23(21)28)9-18-13-31(8-6-20(33)5-7-30-15-32)14-19(25(18)34)10-17-2-4-22(27)24(29)12-17/h1-4,9-12,15H,5-8,13-14H2,(H,30,32)/b18-9+,19-10+. The quantitative estimate of drug-likeness (QED) is 0.261. The summed E-state index contributed by atoms with van der Waals surface area (Å²) in [4.78, 5) is 37.3. The smallest absolute Gasteiger partial charge is 0.207 e. The van der Waals surface area contributed by atoms with Gasteiger partial charge in [0.05, 0.1) is 0 Å². The SMILES string of the molecule is O=CNCCC(=O)CCN1C/C(=C\c2ccc(F)c(F)c2)C(=O)/C(=C/c2ccc(F)c(F)c2)C1. The van der Waals surface area contributed by atoms with Crippen LogP contribution in [0.25, 0.3) is 12.2 Å². The number of nitrogens with zero attached hydrogens (tertiary/aromatic N) is 1. The van der Waals surface area contributed by atoms with Crippen molar-refractivity contribution in [3.05, 3.63) is 81.9 Å². The molecule has 34 heavy (non-hydrogen) atoms. The van der Waals surface area contributed by atoms with Crippen molar-refractivity contribution in [2.24, 2.45) is 0 Å². The highest BCUT2D eigenvalue weighted by Gasteiger charge is 2.26. The van der Waals surface area contributed by atoms with E-state index in [0.717, 1.165) is 24.3 Å². The van der Waals surface area contributed by atoms with Gasteiger partial charge in [-0.1, -0.05) is 12.1 Å². The predicted molar refractivity (Wildman–Crippen MR) is 118 cm³/mol. The van der Waals surface area contributed by atoms with Crippen molar-refractivity contribution >= 4 is 30.1 Å². The Morgan fingerprint density at radius 2 is 1.38 bits per heavy atom. The van der Waals surface area contributed by atoms with Crippen LogP contribution in [0.15, 0.2) is 47.5 Å². The number of halogens is 4. The fraction of sp³-hybridized carbons (Fsp3) is 0.240. The third kappa shape index (κ3) is 6.71. The van der Waals surface area contributed by atoms with E-state index in [-0.39, 0.29) is 66.3 Å². The Morgan fingerprint density at radius 3 is 1.85 bits per heavy atom. The van der Waals surface area contributed by atoms with Crippen LogP contribution in [-0.4, -0.2) is 49.1 Å². The summed E-state index contributed by atoms with van der Waals surface area (Å²) in [5.41, 5.74) is 1.13. The molecule has 1 fully saturated rings. The molecule has 1 amide bonds. The zero-order valence-electron chi connectivity index (χ0n) is 18.1. The van der Waals surface area contributed by atoms with Crippen molar-refractivity contribution in [1.29, 1.82) is 0 Å². The van der Waals surface area contributed by atoms with Gasteiger partial charge in [0, 0.05) is 50.2 Å². The summed E-state index contributed by atoms with van der Waals surface area (Å²) in [6.07, 6.45) is 3.72. The fourth-order valence-electron chi connectivity index (χ4n) is 3.55. The summed E-state index contributed by atoms with van der Waals surface area (Å²) in [5, 5.41) is 2.42. The molecule has 1 saturated heterocycles. The average Bonchev–Trinajstić information content (AvgIpc) is 2.80. The number of piperidine rings is 1. The molecular weight excluding hydrogens is 452 g/mol. The molecule has 0 aliphatic carbocycles. The van der Waals surface area contributed by atoms with Crippen LogP contribution in [0.5, 0.6) is 0 Å². The summed E-state index contributed by atoms with van der Waals surface area (Å²) in [6, 6.07) is 6.52. The number of likely N-dealkylation sites (tertiary alicyclic amines) is 1. The Labute approximate surface area is 193 Å². The van der Waals surface area contributed by atoms with Gasteiger partial charge in [-0.3, -0.25) is 19.3 Å². The second-order valence-electron chi connectivity index (χ2n) is 7.84. The van der Waals surface area contributed by atoms with E-state index in [2.05, 4.69) is 5.32 Å². The molecule has 9 heteroatoms. The Balaban J connectivity index is 1.86. The van der Waals surface area contributed by atoms with Gasteiger partial charge in [0.1, 0.15) is 5.78 Å². The summed E-state index contributed by atoms with van der Waals surface area (Å²) in [6.45, 7) is 0.848. The van der Waals surface area contributed by atoms with Crippen molar-refractivity contribution < 1.29 is 31.9 Å². The first-order valence-corrected chi connectivity index (χ1v) is 10.5. The lowest BCUT2D eigenvalue weighted by Crippen LogP contribution is -2.39. The van der Waals surface area contributed by atoms with E-state index in [0.29, 0.717) is 13.0 Å². The molecule has 0 atom stereocenters. The Hall–Kier alpha value is -3.59. The number of hydrogen-bond acceptors (Lipinski definition) is 4. The van der Waals surface area contributed by atoms with E-state index in [4.69, 9.17) is 0 Å². The van der Waals surface area contributed by atoms with Gasteiger partial charge >= 0.3 is 0 Å². The second kappa shape index (κ2) is 11.5. The van der Waals surface area contributed by atoms with Crippen molar-refractivity contribution in [2.75, 3.05) is 26.2 Å². The van der Waals surface area contributed by atoms with E-state index in [1.165, 1.54) is 24.3 Å². The van der Waals surface area contributed by atoms with Gasteiger partial charge in [0.15, 0.2) is 29.1 Å². The highest BCUT2D eigenvalue weighted by molar-refractivity contribution is 6.14. The van der Waals surface area contributed by atoms with Gasteiger partial charge in [0.25, 0.3) is 0 Å². The third-order valence-electron chi connectivity index (χ3n) is 5.28. The molecule has 0 aromatic heterocycles. The maximum absolute atomic E-state index is 13.6. The molecule has 1 N–H and O–H groups in total. The molecule has 1 aliphatic rings. The van der Waals surface area contributed by atoms with Crippen LogP contribution in [-0.2, 0) is 14.4 Å². The van der Waals surface area contributed by atoms with Gasteiger partial charge in [-0.25, -0.2) is 17.6 Å². The second-order valence-corrected chi connectivity index (χ2v) is 7.84. The number of carbonyl (C=O) groups is 3. The van der Waals surface area contributed by atoms with Crippen LogP contribution < -0.4 is 5.32 Å². The normalized spacial score (nSPS) is 16.8. The largest absolute Gasteiger partial charge is 0.358 e. The molecule has 178 valence electrons. The number of nitrogens with one attached hydrogen (secondary N) is 1. The highest BCUT2D eigenvalue weighted by Crippen LogP contribution is 2.23. The average molecular weight is 474 g/mol. The molecule has 0 spiro atoms. The topological polar surface area (TPSA) is 66.5 Å². The first-order valence-electron chi connectivity index (χ1n) is 10.5. The number of rotatable bonds is 9. The molecule has 5 nitrogen and oxygen atoms in total. The molecule has 3 rings (SSSR count). The first-order chi connectivity index (χ1) is 16.3. The Morgan fingerprint density at radius 1 is 0.853 bits per heavy atom. The zero-order chi connectivity index (χ0) is 24.7. The Bertz CT molecular complexity index is 1090. The van der Waals surface area contributed by atoms with Crippen molar-refractivity contribution in [2.45, 2.75) is 12.8 Å². The number of benzene rings is 2. The highest BCUT2D eigenvalue weighted by atomic mass is 19.2. The van der Waals surface area contributed by atoms with E-state index >= 15 is 0 Å². The number of ketones is 2. The van der Waals surface area contributed by atoms with E-state index in [9.17, 15) is 31.9 Å². The van der Waals surface area contributed by atoms with Crippen LogP contribution in [0.4, 0.5) is 17.6 Å². The number of Topliss-reactive ketones (excluding diaryl/α,β-unsaturated/α-hetero) is 2. The lowest BCUT2D eigenvalue weighted by molar-refractivity contribution is -0.119. The van der Waals surface area contributed by atoms with Gasteiger partial charge < -0.3 is 5.32 Å². The maximum atomic E-state index is 13.6. The van der Waals surface area contributed by atoms with Crippen LogP contribution in [0, 0.1) is 23.3 Å². The molecule has 0 radical (unpaired) electrons. The lowest BCUT2D eigenvalue weighted by atomic mass is 9.94. The minimum atomic E-state index is -1.05. The number of hydrogen-bond donors (Lipinski definition) is 1. The number of carbonyl (C=O) groups excluding carboxylic acids is 3. The van der Waals surface area contributed by atoms with Crippen LogP contribution in [0.3, 0.4) is 0 Å².